The molecule has 6 heteroatoms. The Hall–Kier alpha value is -0.550. The van der Waals surface area contributed by atoms with Crippen LogP contribution in [0.4, 0.5) is 0 Å². The molecule has 0 aromatic heterocycles. The molecule has 0 spiro atoms. The normalized spacial score (nSPS) is 29.6. The number of likely N-dealkylation sites (tertiary alicyclic amines) is 1. The van der Waals surface area contributed by atoms with Gasteiger partial charge in [0.2, 0.25) is 0 Å². The molecule has 108 valence electrons. The molecule has 20 heavy (non-hydrogen) atoms. The summed E-state index contributed by atoms with van der Waals surface area (Å²) in [6.07, 6.45) is 2.02. The molecule has 1 aliphatic heterocycles. The molecule has 1 unspecified atom stereocenters. The van der Waals surface area contributed by atoms with E-state index >= 15 is 0 Å². The van der Waals surface area contributed by atoms with Crippen LogP contribution in [-0.2, 0) is 0 Å². The minimum absolute atomic E-state index is 0.0615. The van der Waals surface area contributed by atoms with Crippen molar-refractivity contribution in [3.63, 3.8) is 0 Å². The second kappa shape index (κ2) is 5.34. The Balaban J connectivity index is 1.83. The molecule has 0 amide bonds. The molecular formula is C14H15Cl2NO2S. The van der Waals surface area contributed by atoms with Crippen LogP contribution in [0.2, 0.25) is 10.0 Å². The molecule has 2 aliphatic rings. The Morgan fingerprint density at radius 3 is 2.60 bits per heavy atom. The molecule has 1 heterocycles. The van der Waals surface area contributed by atoms with Gasteiger partial charge in [0.25, 0.3) is 0 Å². The Labute approximate surface area is 133 Å². The number of aromatic hydroxyl groups is 1. The lowest BCUT2D eigenvalue weighted by atomic mass is 9.88. The number of halogens is 2. The van der Waals surface area contributed by atoms with Crippen LogP contribution in [0.15, 0.2) is 12.1 Å². The number of hydrogen-bond donors (Lipinski definition) is 2. The monoisotopic (exact) mass is 331 g/mol. The van der Waals surface area contributed by atoms with Crippen molar-refractivity contribution in [3.8, 4) is 5.75 Å². The van der Waals surface area contributed by atoms with Gasteiger partial charge in [-0.15, -0.1) is 0 Å². The summed E-state index contributed by atoms with van der Waals surface area (Å²) in [4.78, 5) is 3.03. The van der Waals surface area contributed by atoms with Crippen molar-refractivity contribution in [2.45, 2.75) is 37.3 Å². The second-order valence-electron chi connectivity index (χ2n) is 5.52. The first-order valence-corrected chi connectivity index (χ1v) is 7.78. The van der Waals surface area contributed by atoms with Gasteiger partial charge in [0.15, 0.2) is 0 Å². The topological polar surface area (TPSA) is 43.7 Å². The zero-order valence-electron chi connectivity index (χ0n) is 10.7. The van der Waals surface area contributed by atoms with Crippen molar-refractivity contribution in [3.05, 3.63) is 27.7 Å². The van der Waals surface area contributed by atoms with Crippen LogP contribution >= 0.6 is 35.4 Å². The minimum atomic E-state index is -0.204. The summed E-state index contributed by atoms with van der Waals surface area (Å²) in [6, 6.07) is 3.49. The summed E-state index contributed by atoms with van der Waals surface area (Å²) in [5.41, 5.74) is 0.684. The fourth-order valence-electron chi connectivity index (χ4n) is 3.04. The van der Waals surface area contributed by atoms with E-state index in [0.29, 0.717) is 28.1 Å². The van der Waals surface area contributed by atoms with Crippen molar-refractivity contribution in [2.75, 3.05) is 6.54 Å². The van der Waals surface area contributed by atoms with Gasteiger partial charge < -0.3 is 15.1 Å². The SMILES string of the molecule is Oc1ccc(Cl)c(Cl)c1C1CC(=S)N(C2CC(O)C2)C1. The molecule has 1 saturated heterocycles. The number of phenols is 1. The van der Waals surface area contributed by atoms with Crippen LogP contribution in [0, 0.1) is 0 Å². The Morgan fingerprint density at radius 2 is 1.95 bits per heavy atom. The number of thiocarbonyl (C=S) groups is 1. The zero-order valence-corrected chi connectivity index (χ0v) is 13.0. The number of phenolic OH excluding ortho intramolecular Hbond substituents is 1. The third kappa shape index (κ3) is 2.39. The molecule has 2 N–H and O–H groups in total. The van der Waals surface area contributed by atoms with Crippen molar-refractivity contribution in [1.29, 1.82) is 0 Å². The zero-order chi connectivity index (χ0) is 14.4. The summed E-state index contributed by atoms with van der Waals surface area (Å²) in [5, 5.41) is 20.3. The van der Waals surface area contributed by atoms with Crippen LogP contribution in [0.5, 0.6) is 5.75 Å². The van der Waals surface area contributed by atoms with E-state index in [9.17, 15) is 10.2 Å². The average Bonchev–Trinajstić information content (AvgIpc) is 2.72. The predicted octanol–water partition coefficient (Wildman–Crippen LogP) is 3.34. The van der Waals surface area contributed by atoms with Gasteiger partial charge in [0, 0.05) is 30.5 Å². The summed E-state index contributed by atoms with van der Waals surface area (Å²) >= 11 is 17.7. The maximum absolute atomic E-state index is 10.1. The van der Waals surface area contributed by atoms with E-state index in [2.05, 4.69) is 4.90 Å². The molecule has 1 aromatic carbocycles. The fourth-order valence-corrected chi connectivity index (χ4v) is 3.94. The maximum Gasteiger partial charge on any atom is 0.120 e. The number of aliphatic hydroxyl groups is 1. The lowest BCUT2D eigenvalue weighted by Gasteiger charge is -2.39. The van der Waals surface area contributed by atoms with Gasteiger partial charge in [-0.3, -0.25) is 0 Å². The van der Waals surface area contributed by atoms with E-state index in [4.69, 9.17) is 35.4 Å². The van der Waals surface area contributed by atoms with Crippen LogP contribution in [0.25, 0.3) is 0 Å². The Kier molecular flexibility index (Phi) is 3.84. The predicted molar refractivity (Wildman–Crippen MR) is 83.8 cm³/mol. The van der Waals surface area contributed by atoms with E-state index in [1.54, 1.807) is 12.1 Å². The van der Waals surface area contributed by atoms with E-state index in [-0.39, 0.29) is 17.8 Å². The van der Waals surface area contributed by atoms with Gasteiger partial charge in [-0.05, 0) is 25.0 Å². The van der Waals surface area contributed by atoms with Crippen molar-refractivity contribution < 1.29 is 10.2 Å². The van der Waals surface area contributed by atoms with Gasteiger partial charge in [0.1, 0.15) is 5.75 Å². The number of nitrogens with zero attached hydrogens (tertiary/aromatic N) is 1. The van der Waals surface area contributed by atoms with Crippen LogP contribution in [0.1, 0.15) is 30.7 Å². The summed E-state index contributed by atoms with van der Waals surface area (Å²) in [5.74, 6) is 0.231. The van der Waals surface area contributed by atoms with Gasteiger partial charge in [-0.25, -0.2) is 0 Å². The van der Waals surface area contributed by atoms with Gasteiger partial charge >= 0.3 is 0 Å². The molecule has 1 atom stereocenters. The van der Waals surface area contributed by atoms with Crippen LogP contribution in [0.3, 0.4) is 0 Å². The first-order chi connectivity index (χ1) is 9.47. The highest BCUT2D eigenvalue weighted by molar-refractivity contribution is 7.80. The van der Waals surface area contributed by atoms with E-state index in [0.717, 1.165) is 24.4 Å². The van der Waals surface area contributed by atoms with Gasteiger partial charge in [-0.1, -0.05) is 35.4 Å². The Bertz CT molecular complexity index is 560. The molecule has 1 aliphatic carbocycles. The highest BCUT2D eigenvalue weighted by atomic mass is 35.5. The fraction of sp³-hybridized carbons (Fsp3) is 0.500. The molecule has 1 aromatic rings. The van der Waals surface area contributed by atoms with Crippen LogP contribution in [-0.4, -0.2) is 38.8 Å². The molecule has 2 fully saturated rings. The molecule has 1 saturated carbocycles. The lowest BCUT2D eigenvalue weighted by molar-refractivity contribution is 0.0313. The third-order valence-electron chi connectivity index (χ3n) is 4.21. The average molecular weight is 332 g/mol. The number of hydrogen-bond acceptors (Lipinski definition) is 3. The lowest BCUT2D eigenvalue weighted by Crippen LogP contribution is -2.47. The summed E-state index contributed by atoms with van der Waals surface area (Å²) in [6.45, 7) is 0.726. The van der Waals surface area contributed by atoms with Gasteiger partial charge in [-0.2, -0.15) is 0 Å². The van der Waals surface area contributed by atoms with Gasteiger partial charge in [0.05, 0.1) is 21.1 Å². The maximum atomic E-state index is 10.1. The second-order valence-corrected chi connectivity index (χ2v) is 6.78. The minimum Gasteiger partial charge on any atom is -0.508 e. The highest BCUT2D eigenvalue weighted by Gasteiger charge is 2.40. The van der Waals surface area contributed by atoms with E-state index < -0.39 is 0 Å². The first-order valence-electron chi connectivity index (χ1n) is 6.61. The standard InChI is InChI=1S/C14H15Cl2NO2S/c15-10-1-2-11(19)13(14(10)16)7-3-12(20)17(6-7)8-4-9(18)5-8/h1-2,7-9,18-19H,3-6H2. The first kappa shape index (κ1) is 14.4. The van der Waals surface area contributed by atoms with Crippen molar-refractivity contribution in [1.82, 2.24) is 4.90 Å². The molecule has 3 nitrogen and oxygen atoms in total. The molecule has 0 radical (unpaired) electrons. The van der Waals surface area contributed by atoms with Crippen LogP contribution < -0.4 is 0 Å². The summed E-state index contributed by atoms with van der Waals surface area (Å²) in [7, 11) is 0. The Morgan fingerprint density at radius 1 is 1.25 bits per heavy atom. The highest BCUT2D eigenvalue weighted by Crippen LogP contribution is 2.43. The number of aliphatic hydroxyl groups excluding tert-OH is 1. The summed E-state index contributed by atoms with van der Waals surface area (Å²) < 4.78 is 0. The molecule has 0 bridgehead atoms. The largest absolute Gasteiger partial charge is 0.508 e. The van der Waals surface area contributed by atoms with Crippen molar-refractivity contribution >= 4 is 40.4 Å². The quantitative estimate of drug-likeness (QED) is 0.816. The third-order valence-corrected chi connectivity index (χ3v) is 5.43. The number of benzene rings is 1. The van der Waals surface area contributed by atoms with E-state index in [1.807, 2.05) is 0 Å². The number of rotatable bonds is 2. The molecule has 3 rings (SSSR count). The smallest absolute Gasteiger partial charge is 0.120 e. The van der Waals surface area contributed by atoms with E-state index in [1.165, 1.54) is 0 Å². The molecular weight excluding hydrogens is 317 g/mol. The van der Waals surface area contributed by atoms with Crippen molar-refractivity contribution in [2.24, 2.45) is 0 Å².